The average Bonchev–Trinajstić information content (AvgIpc) is 1.00. The molecule has 0 saturated heterocycles. The van der Waals surface area contributed by atoms with Crippen molar-refractivity contribution in [3.8, 4) is 0 Å². The quantitative estimate of drug-likeness (QED) is 0.222. The Balaban J connectivity index is -0.000000000833. The zero-order valence-corrected chi connectivity index (χ0v) is 3.52. The fourth-order valence-corrected chi connectivity index (χ4v) is 0. The van der Waals surface area contributed by atoms with Gasteiger partial charge in [0.1, 0.15) is 0 Å². The van der Waals surface area contributed by atoms with Gasteiger partial charge in [0.15, 0.2) is 0 Å². The Morgan fingerprint density at radius 2 is 1.25 bits per heavy atom. The Morgan fingerprint density at radius 1 is 1.25 bits per heavy atom. The van der Waals surface area contributed by atoms with Gasteiger partial charge in [-0.3, -0.25) is 10.5 Å². The summed E-state index contributed by atoms with van der Waals surface area (Å²) in [6.45, 7) is 0. The van der Waals surface area contributed by atoms with E-state index in [9.17, 15) is 0 Å². The van der Waals surface area contributed by atoms with Gasteiger partial charge in [0.2, 0.25) is 0 Å². The minimum absolute atomic E-state index is 0. The van der Waals surface area contributed by atoms with Crippen molar-refractivity contribution in [3.63, 3.8) is 0 Å². The zero-order chi connectivity index (χ0) is 2.00. The van der Waals surface area contributed by atoms with Gasteiger partial charge in [0.25, 0.3) is 0 Å². The molecule has 0 amide bonds. The molecule has 0 saturated carbocycles. The molecule has 0 aliphatic heterocycles. The predicted octanol–water partition coefficient (Wildman–Crippen LogP) is -0.963. The zero-order valence-electron chi connectivity index (χ0n) is 4.10. The molecule has 4 heavy (non-hydrogen) atoms. The van der Waals surface area contributed by atoms with Crippen LogP contribution in [0.15, 0.2) is 0 Å². The molecular weight excluding hydrogens is 72.3 g/mol. The molecule has 0 spiro atoms. The molecule has 4 N–H and O–H groups in total. The summed E-state index contributed by atoms with van der Waals surface area (Å²) in [5.74, 6) is 0. The van der Waals surface area contributed by atoms with Crippen molar-refractivity contribution in [2.45, 2.75) is 0 Å². The summed E-state index contributed by atoms with van der Waals surface area (Å²) in [5.41, 5.74) is 0. The summed E-state index contributed by atoms with van der Waals surface area (Å²) in [6.07, 6.45) is 0. The molecule has 0 aromatic heterocycles. The minimum atomic E-state index is 0. The van der Waals surface area contributed by atoms with Crippen molar-refractivity contribution in [3.05, 3.63) is 0 Å². The van der Waals surface area contributed by atoms with Crippen LogP contribution in [0.25, 0.3) is 0 Å². The summed E-state index contributed by atoms with van der Waals surface area (Å²) < 4.78 is 0. The van der Waals surface area contributed by atoms with E-state index in [4.69, 9.17) is 10.5 Å². The third-order valence-electron chi connectivity index (χ3n) is 0. The van der Waals surface area contributed by atoms with Gasteiger partial charge in [-0.2, -0.15) is 0 Å². The maximum absolute atomic E-state index is 6.00. The van der Waals surface area contributed by atoms with Gasteiger partial charge in [0, 0.05) is 0 Å². The molecule has 0 aromatic carbocycles. The van der Waals surface area contributed by atoms with E-state index in [2.05, 4.69) is 0 Å². The molecule has 0 bridgehead atoms. The van der Waals surface area contributed by atoms with Crippen LogP contribution in [0.1, 0.15) is 2.85 Å². The Hall–Kier alpha value is 0.646. The Bertz CT molecular complexity index is 8.75. The molecule has 0 radical (unpaired) electrons. The summed E-state index contributed by atoms with van der Waals surface area (Å²) in [7, 11) is 0. The van der Waals surface area contributed by atoms with Gasteiger partial charge in [-0.15, -0.1) is 0 Å². The number of hydrogen-bond donors (Lipinski definition) is 2. The Morgan fingerprint density at radius 3 is 1.25 bits per heavy atom. The van der Waals surface area contributed by atoms with E-state index in [-0.39, 0.29) is 31.4 Å². The van der Waals surface area contributed by atoms with E-state index in [0.29, 0.717) is 0 Å². The molecule has 0 heterocycles. The SMILES string of the molecule is O.OO.[H-].[H-].[Mg+2]. The van der Waals surface area contributed by atoms with Crippen molar-refractivity contribution in [2.24, 2.45) is 0 Å². The monoisotopic (exact) mass is 78.0 g/mol. The summed E-state index contributed by atoms with van der Waals surface area (Å²) in [6, 6.07) is 0. The summed E-state index contributed by atoms with van der Waals surface area (Å²) >= 11 is 0. The normalized spacial score (nSPS) is 1.50. The molecule has 0 rings (SSSR count). The van der Waals surface area contributed by atoms with Crippen molar-refractivity contribution in [1.82, 2.24) is 0 Å². The van der Waals surface area contributed by atoms with Gasteiger partial charge in [0.05, 0.1) is 0 Å². The molecule has 0 atom stereocenters. The molecular formula is H6MgO3. The standard InChI is InChI=1S/Mg.H2O2.H2O.2H/c;1-2;;;/h;1-2H;1H2;;/q+2;;;2*-1. The van der Waals surface area contributed by atoms with E-state index in [1.807, 2.05) is 0 Å². The second-order valence-electron chi connectivity index (χ2n) is 0. The third-order valence-corrected chi connectivity index (χ3v) is 0. The van der Waals surface area contributed by atoms with Crippen LogP contribution in [0.4, 0.5) is 0 Å². The molecule has 3 nitrogen and oxygen atoms in total. The first-order chi connectivity index (χ1) is 1.00. The Labute approximate surface area is 42.6 Å². The maximum Gasteiger partial charge on any atom is 2.00 e. The number of hydrogen-bond acceptors (Lipinski definition) is 2. The van der Waals surface area contributed by atoms with Crippen LogP contribution in [0.5, 0.6) is 0 Å². The molecule has 26 valence electrons. The van der Waals surface area contributed by atoms with Gasteiger partial charge in [-0.25, -0.2) is 0 Å². The summed E-state index contributed by atoms with van der Waals surface area (Å²) in [5, 5.41) is 12.0. The second-order valence-corrected chi connectivity index (χ2v) is 0. The molecule has 0 aromatic rings. The van der Waals surface area contributed by atoms with Crippen LogP contribution in [0.3, 0.4) is 0 Å². The Kier molecular flexibility index (Phi) is 348. The maximum atomic E-state index is 6.00. The molecule has 0 aliphatic rings. The van der Waals surface area contributed by atoms with Gasteiger partial charge in [-0.1, -0.05) is 0 Å². The van der Waals surface area contributed by atoms with Crippen molar-refractivity contribution < 1.29 is 18.8 Å². The first-order valence-electron chi connectivity index (χ1n) is 0.200. The van der Waals surface area contributed by atoms with Gasteiger partial charge >= 0.3 is 23.1 Å². The van der Waals surface area contributed by atoms with Crippen molar-refractivity contribution in [1.29, 1.82) is 0 Å². The van der Waals surface area contributed by atoms with Crippen molar-refractivity contribution in [2.75, 3.05) is 0 Å². The average molecular weight is 78.4 g/mol. The summed E-state index contributed by atoms with van der Waals surface area (Å²) in [4.78, 5) is 0. The van der Waals surface area contributed by atoms with E-state index in [0.717, 1.165) is 0 Å². The fraction of sp³-hybridized carbons (Fsp3) is 0. The van der Waals surface area contributed by atoms with E-state index in [1.165, 1.54) is 0 Å². The first-order valence-corrected chi connectivity index (χ1v) is 0.200. The van der Waals surface area contributed by atoms with Crippen LogP contribution >= 0.6 is 0 Å². The second kappa shape index (κ2) is 61.1. The molecule has 0 fully saturated rings. The third kappa shape index (κ3) is 17.2. The topological polar surface area (TPSA) is 72.0 Å². The van der Waals surface area contributed by atoms with Crippen LogP contribution in [0.2, 0.25) is 0 Å². The van der Waals surface area contributed by atoms with Gasteiger partial charge < -0.3 is 8.33 Å². The molecule has 4 heteroatoms. The van der Waals surface area contributed by atoms with Crippen LogP contribution < -0.4 is 0 Å². The smallest absolute Gasteiger partial charge is 1.00 e. The minimum Gasteiger partial charge on any atom is -1.00 e. The van der Waals surface area contributed by atoms with Crippen molar-refractivity contribution >= 4 is 23.1 Å². The number of rotatable bonds is 0. The first kappa shape index (κ1) is 22.8. The van der Waals surface area contributed by atoms with Crippen LogP contribution in [-0.2, 0) is 0 Å². The van der Waals surface area contributed by atoms with Crippen LogP contribution in [-0.4, -0.2) is 39.0 Å². The molecule has 0 unspecified atom stereocenters. The van der Waals surface area contributed by atoms with Crippen LogP contribution in [0, 0.1) is 0 Å². The molecule has 0 aliphatic carbocycles. The van der Waals surface area contributed by atoms with Gasteiger partial charge in [-0.05, 0) is 0 Å². The largest absolute Gasteiger partial charge is 2.00 e. The fourth-order valence-electron chi connectivity index (χ4n) is 0. The van der Waals surface area contributed by atoms with E-state index >= 15 is 0 Å². The van der Waals surface area contributed by atoms with E-state index < -0.39 is 0 Å². The van der Waals surface area contributed by atoms with E-state index in [1.54, 1.807) is 0 Å². The predicted molar refractivity (Wildman–Crippen MR) is 16.8 cm³/mol.